The lowest BCUT2D eigenvalue weighted by Crippen LogP contribution is -2.21. The van der Waals surface area contributed by atoms with Gasteiger partial charge in [0, 0.05) is 12.1 Å². The SMILES string of the molecule is CC(C)n1ncnc1CN[C@@H](C)c1cccc(F)c1. The summed E-state index contributed by atoms with van der Waals surface area (Å²) in [4.78, 5) is 4.24. The highest BCUT2D eigenvalue weighted by atomic mass is 19.1. The van der Waals surface area contributed by atoms with Crippen molar-refractivity contribution in [3.05, 3.63) is 47.8 Å². The number of benzene rings is 1. The van der Waals surface area contributed by atoms with Gasteiger partial charge in [-0.3, -0.25) is 0 Å². The van der Waals surface area contributed by atoms with Crippen molar-refractivity contribution in [2.24, 2.45) is 0 Å². The highest BCUT2D eigenvalue weighted by Crippen LogP contribution is 2.14. The summed E-state index contributed by atoms with van der Waals surface area (Å²) in [5.41, 5.74) is 0.926. The molecule has 0 spiro atoms. The van der Waals surface area contributed by atoms with Crippen LogP contribution in [0.4, 0.5) is 4.39 Å². The van der Waals surface area contributed by atoms with E-state index < -0.39 is 0 Å². The van der Waals surface area contributed by atoms with Crippen molar-refractivity contribution in [3.8, 4) is 0 Å². The molecule has 1 aromatic heterocycles. The molecular weight excluding hydrogens is 243 g/mol. The maximum Gasteiger partial charge on any atom is 0.141 e. The molecule has 0 amide bonds. The monoisotopic (exact) mass is 262 g/mol. The molecule has 0 aliphatic rings. The van der Waals surface area contributed by atoms with Crippen LogP contribution < -0.4 is 5.32 Å². The molecule has 0 radical (unpaired) electrons. The molecule has 0 aliphatic heterocycles. The fraction of sp³-hybridized carbons (Fsp3) is 0.429. The zero-order valence-electron chi connectivity index (χ0n) is 11.5. The second-order valence-electron chi connectivity index (χ2n) is 4.87. The number of aromatic nitrogens is 3. The summed E-state index contributed by atoms with van der Waals surface area (Å²) in [6.45, 7) is 6.74. The van der Waals surface area contributed by atoms with Crippen molar-refractivity contribution >= 4 is 0 Å². The van der Waals surface area contributed by atoms with Crippen LogP contribution in [0.15, 0.2) is 30.6 Å². The number of nitrogens with one attached hydrogen (secondary N) is 1. The van der Waals surface area contributed by atoms with E-state index in [1.807, 2.05) is 17.7 Å². The van der Waals surface area contributed by atoms with Crippen LogP contribution >= 0.6 is 0 Å². The van der Waals surface area contributed by atoms with Crippen molar-refractivity contribution in [3.63, 3.8) is 0 Å². The fourth-order valence-electron chi connectivity index (χ4n) is 1.97. The molecule has 0 aliphatic carbocycles. The van der Waals surface area contributed by atoms with E-state index in [2.05, 4.69) is 29.2 Å². The molecule has 2 rings (SSSR count). The first-order valence-corrected chi connectivity index (χ1v) is 6.45. The van der Waals surface area contributed by atoms with Crippen molar-refractivity contribution < 1.29 is 4.39 Å². The lowest BCUT2D eigenvalue weighted by atomic mass is 10.1. The molecule has 0 fully saturated rings. The molecule has 2 aromatic rings. The van der Waals surface area contributed by atoms with Crippen LogP contribution in [0.2, 0.25) is 0 Å². The minimum atomic E-state index is -0.212. The van der Waals surface area contributed by atoms with E-state index >= 15 is 0 Å². The third-order valence-corrected chi connectivity index (χ3v) is 3.05. The van der Waals surface area contributed by atoms with Gasteiger partial charge in [-0.25, -0.2) is 14.1 Å². The lowest BCUT2D eigenvalue weighted by molar-refractivity contribution is 0.473. The maximum absolute atomic E-state index is 13.2. The topological polar surface area (TPSA) is 42.7 Å². The summed E-state index contributed by atoms with van der Waals surface area (Å²) in [6, 6.07) is 6.97. The summed E-state index contributed by atoms with van der Waals surface area (Å²) in [5.74, 6) is 0.676. The van der Waals surface area contributed by atoms with Crippen molar-refractivity contribution in [2.75, 3.05) is 0 Å². The number of hydrogen-bond donors (Lipinski definition) is 1. The van der Waals surface area contributed by atoms with Gasteiger partial charge in [0.2, 0.25) is 0 Å². The van der Waals surface area contributed by atoms with Crippen LogP contribution in [0, 0.1) is 5.82 Å². The van der Waals surface area contributed by atoms with Gasteiger partial charge in [-0.15, -0.1) is 0 Å². The van der Waals surface area contributed by atoms with E-state index in [0.29, 0.717) is 6.54 Å². The average Bonchev–Trinajstić information content (AvgIpc) is 2.84. The Morgan fingerprint density at radius 3 is 2.79 bits per heavy atom. The Labute approximate surface area is 112 Å². The predicted molar refractivity (Wildman–Crippen MR) is 72.1 cm³/mol. The highest BCUT2D eigenvalue weighted by molar-refractivity contribution is 5.19. The zero-order valence-corrected chi connectivity index (χ0v) is 11.5. The fourth-order valence-corrected chi connectivity index (χ4v) is 1.97. The minimum Gasteiger partial charge on any atom is -0.303 e. The molecule has 0 saturated carbocycles. The summed E-state index contributed by atoms with van der Waals surface area (Å²) in [7, 11) is 0. The van der Waals surface area contributed by atoms with E-state index in [4.69, 9.17) is 0 Å². The van der Waals surface area contributed by atoms with Crippen molar-refractivity contribution in [1.29, 1.82) is 0 Å². The summed E-state index contributed by atoms with van der Waals surface area (Å²) >= 11 is 0. The summed E-state index contributed by atoms with van der Waals surface area (Å²) < 4.78 is 15.0. The normalized spacial score (nSPS) is 12.9. The number of halogens is 1. The maximum atomic E-state index is 13.2. The van der Waals surface area contributed by atoms with Crippen molar-refractivity contribution in [1.82, 2.24) is 20.1 Å². The largest absolute Gasteiger partial charge is 0.303 e. The van der Waals surface area contributed by atoms with Gasteiger partial charge >= 0.3 is 0 Å². The van der Waals surface area contributed by atoms with E-state index in [1.54, 1.807) is 18.5 Å². The molecule has 0 unspecified atom stereocenters. The van der Waals surface area contributed by atoms with Gasteiger partial charge in [0.15, 0.2) is 0 Å². The van der Waals surface area contributed by atoms with Gasteiger partial charge in [-0.05, 0) is 38.5 Å². The first kappa shape index (κ1) is 13.7. The van der Waals surface area contributed by atoms with Crippen molar-refractivity contribution in [2.45, 2.75) is 39.4 Å². The Morgan fingerprint density at radius 1 is 1.32 bits per heavy atom. The van der Waals surface area contributed by atoms with E-state index in [9.17, 15) is 4.39 Å². The first-order chi connectivity index (χ1) is 9.08. The molecule has 102 valence electrons. The second-order valence-corrected chi connectivity index (χ2v) is 4.87. The number of rotatable bonds is 5. The lowest BCUT2D eigenvalue weighted by Gasteiger charge is -2.15. The van der Waals surface area contributed by atoms with E-state index in [0.717, 1.165) is 11.4 Å². The van der Waals surface area contributed by atoms with Gasteiger partial charge < -0.3 is 5.32 Å². The molecule has 1 N–H and O–H groups in total. The molecular formula is C14H19FN4. The Hall–Kier alpha value is -1.75. The quantitative estimate of drug-likeness (QED) is 0.901. The average molecular weight is 262 g/mol. The van der Waals surface area contributed by atoms with E-state index in [1.165, 1.54) is 6.07 Å². The van der Waals surface area contributed by atoms with Gasteiger partial charge in [0.05, 0.1) is 6.54 Å². The molecule has 4 nitrogen and oxygen atoms in total. The smallest absolute Gasteiger partial charge is 0.141 e. The van der Waals surface area contributed by atoms with Crippen LogP contribution in [-0.4, -0.2) is 14.8 Å². The highest BCUT2D eigenvalue weighted by Gasteiger charge is 2.10. The van der Waals surface area contributed by atoms with Gasteiger partial charge in [-0.1, -0.05) is 12.1 Å². The number of hydrogen-bond acceptors (Lipinski definition) is 3. The summed E-state index contributed by atoms with van der Waals surface area (Å²) in [6.07, 6.45) is 1.56. The number of nitrogens with zero attached hydrogens (tertiary/aromatic N) is 3. The molecule has 0 saturated heterocycles. The molecule has 1 heterocycles. The standard InChI is InChI=1S/C14H19FN4/c1-10(2)19-14(17-9-18-19)8-16-11(3)12-5-4-6-13(15)7-12/h4-7,9-11,16H,8H2,1-3H3/t11-/m0/s1. The Bertz CT molecular complexity index is 536. The van der Waals surface area contributed by atoms with Crippen LogP contribution in [0.3, 0.4) is 0 Å². The predicted octanol–water partition coefficient (Wildman–Crippen LogP) is 2.85. The van der Waals surface area contributed by atoms with Gasteiger partial charge in [0.25, 0.3) is 0 Å². The van der Waals surface area contributed by atoms with Crippen LogP contribution in [0.25, 0.3) is 0 Å². The van der Waals surface area contributed by atoms with Crippen LogP contribution in [0.5, 0.6) is 0 Å². The van der Waals surface area contributed by atoms with Gasteiger partial charge in [-0.2, -0.15) is 5.10 Å². The molecule has 19 heavy (non-hydrogen) atoms. The zero-order chi connectivity index (χ0) is 13.8. The molecule has 5 heteroatoms. The summed E-state index contributed by atoms with van der Waals surface area (Å²) in [5, 5.41) is 7.52. The van der Waals surface area contributed by atoms with Crippen LogP contribution in [-0.2, 0) is 6.54 Å². The van der Waals surface area contributed by atoms with Gasteiger partial charge in [0.1, 0.15) is 18.0 Å². The molecule has 1 aromatic carbocycles. The first-order valence-electron chi connectivity index (χ1n) is 6.45. The minimum absolute atomic E-state index is 0.0630. The third-order valence-electron chi connectivity index (χ3n) is 3.05. The third kappa shape index (κ3) is 3.38. The molecule has 0 bridgehead atoms. The second kappa shape index (κ2) is 5.93. The van der Waals surface area contributed by atoms with Crippen LogP contribution in [0.1, 0.15) is 44.2 Å². The van der Waals surface area contributed by atoms with E-state index in [-0.39, 0.29) is 17.9 Å². The Kier molecular flexibility index (Phi) is 4.27. The Morgan fingerprint density at radius 2 is 2.11 bits per heavy atom. The molecule has 1 atom stereocenters. The Balaban J connectivity index is 2.00.